The van der Waals surface area contributed by atoms with Crippen LogP contribution < -0.4 is 11.1 Å². The van der Waals surface area contributed by atoms with Crippen molar-refractivity contribution in [2.75, 3.05) is 12.3 Å². The van der Waals surface area contributed by atoms with Gasteiger partial charge in [-0.05, 0) is 53.1 Å². The van der Waals surface area contributed by atoms with Crippen LogP contribution in [0.1, 0.15) is 12.0 Å². The standard InChI is InChI=1S/C24H21FN2O3S/c25-20-10-7-18(8-11-20)19-9-12-22-21(15-19)27(24(29)30-22)23(28)26-13-4-14-31-16-17-5-2-1-3-6-17/h1-3,5-12,15H,4,13-14,16H2,(H,26,28). The molecule has 158 valence electrons. The molecule has 4 rings (SSSR count). The summed E-state index contributed by atoms with van der Waals surface area (Å²) in [5.74, 6) is 0.756. The molecule has 5 nitrogen and oxygen atoms in total. The molecule has 0 unspecified atom stereocenters. The number of hydrogen-bond acceptors (Lipinski definition) is 4. The van der Waals surface area contributed by atoms with Crippen molar-refractivity contribution < 1.29 is 13.6 Å². The van der Waals surface area contributed by atoms with Gasteiger partial charge in [-0.2, -0.15) is 16.3 Å². The highest BCUT2D eigenvalue weighted by Gasteiger charge is 2.16. The van der Waals surface area contributed by atoms with E-state index in [1.54, 1.807) is 42.1 Å². The fraction of sp³-hybridized carbons (Fsp3) is 0.167. The summed E-state index contributed by atoms with van der Waals surface area (Å²) in [5, 5.41) is 2.78. The van der Waals surface area contributed by atoms with E-state index in [0.29, 0.717) is 17.6 Å². The summed E-state index contributed by atoms with van der Waals surface area (Å²) in [6, 6.07) is 20.8. The van der Waals surface area contributed by atoms with Crippen LogP contribution in [0.5, 0.6) is 0 Å². The quantitative estimate of drug-likeness (QED) is 0.400. The molecule has 4 aromatic rings. The number of halogens is 1. The Morgan fingerprint density at radius 2 is 1.74 bits per heavy atom. The van der Waals surface area contributed by atoms with Crippen molar-refractivity contribution in [1.29, 1.82) is 0 Å². The molecule has 0 saturated heterocycles. The molecule has 0 fully saturated rings. The number of fused-ring (bicyclic) bond motifs is 1. The minimum absolute atomic E-state index is 0.324. The van der Waals surface area contributed by atoms with Crippen molar-refractivity contribution >= 4 is 28.9 Å². The molecule has 31 heavy (non-hydrogen) atoms. The predicted octanol–water partition coefficient (Wildman–Crippen LogP) is 5.28. The largest absolute Gasteiger partial charge is 0.428 e. The number of benzene rings is 3. The van der Waals surface area contributed by atoms with Crippen LogP contribution in [-0.2, 0) is 5.75 Å². The molecule has 0 spiro atoms. The van der Waals surface area contributed by atoms with E-state index in [1.807, 2.05) is 18.2 Å². The summed E-state index contributed by atoms with van der Waals surface area (Å²) >= 11 is 1.80. The molecule has 1 aromatic heterocycles. The number of hydrogen-bond donors (Lipinski definition) is 1. The van der Waals surface area contributed by atoms with Crippen LogP contribution >= 0.6 is 11.8 Å². The molecular formula is C24H21FN2O3S. The van der Waals surface area contributed by atoms with Crippen molar-refractivity contribution in [3.05, 3.63) is 94.7 Å². The number of carbonyl (C=O) groups is 1. The summed E-state index contributed by atoms with van der Waals surface area (Å²) in [7, 11) is 0. The highest BCUT2D eigenvalue weighted by molar-refractivity contribution is 7.98. The molecule has 0 aliphatic carbocycles. The molecule has 1 heterocycles. The van der Waals surface area contributed by atoms with Crippen LogP contribution in [0.15, 0.2) is 82.0 Å². The first kappa shape index (κ1) is 20.9. The van der Waals surface area contributed by atoms with Gasteiger partial charge in [-0.25, -0.2) is 14.0 Å². The molecule has 0 radical (unpaired) electrons. The number of nitrogens with zero attached hydrogens (tertiary/aromatic N) is 1. The second-order valence-corrected chi connectivity index (χ2v) is 8.12. The van der Waals surface area contributed by atoms with Gasteiger partial charge in [0.25, 0.3) is 0 Å². The zero-order valence-electron chi connectivity index (χ0n) is 16.7. The summed E-state index contributed by atoms with van der Waals surface area (Å²) in [4.78, 5) is 24.9. The minimum atomic E-state index is -0.734. The highest BCUT2D eigenvalue weighted by Crippen LogP contribution is 2.24. The second kappa shape index (κ2) is 9.66. The average Bonchev–Trinajstić information content (AvgIpc) is 3.12. The number of rotatable bonds is 7. The number of amides is 1. The predicted molar refractivity (Wildman–Crippen MR) is 122 cm³/mol. The molecule has 0 saturated carbocycles. The third-order valence-corrected chi connectivity index (χ3v) is 5.93. The lowest BCUT2D eigenvalue weighted by Gasteiger charge is -2.06. The Kier molecular flexibility index (Phi) is 6.52. The lowest BCUT2D eigenvalue weighted by Crippen LogP contribution is -2.34. The van der Waals surface area contributed by atoms with E-state index < -0.39 is 11.8 Å². The maximum Gasteiger partial charge on any atom is 0.428 e. The van der Waals surface area contributed by atoms with Crippen LogP contribution in [0.2, 0.25) is 0 Å². The fourth-order valence-corrected chi connectivity index (χ4v) is 4.16. The van der Waals surface area contributed by atoms with Crippen LogP contribution in [0.25, 0.3) is 22.2 Å². The van der Waals surface area contributed by atoms with Crippen LogP contribution in [0.3, 0.4) is 0 Å². The van der Waals surface area contributed by atoms with Gasteiger partial charge >= 0.3 is 11.8 Å². The van der Waals surface area contributed by atoms with Gasteiger partial charge in [0.2, 0.25) is 0 Å². The topological polar surface area (TPSA) is 64.2 Å². The number of thioether (sulfide) groups is 1. The zero-order valence-corrected chi connectivity index (χ0v) is 17.5. The smallest absolute Gasteiger partial charge is 0.407 e. The van der Waals surface area contributed by atoms with Crippen LogP contribution in [0.4, 0.5) is 9.18 Å². The van der Waals surface area contributed by atoms with Crippen molar-refractivity contribution in [2.24, 2.45) is 0 Å². The van der Waals surface area contributed by atoms with E-state index in [0.717, 1.165) is 33.6 Å². The summed E-state index contributed by atoms with van der Waals surface area (Å²) in [5.41, 5.74) is 3.50. The second-order valence-electron chi connectivity index (χ2n) is 7.02. The Morgan fingerprint density at radius 1 is 1.00 bits per heavy atom. The molecular weight excluding hydrogens is 415 g/mol. The Balaban J connectivity index is 1.39. The molecule has 1 amide bonds. The first-order chi connectivity index (χ1) is 15.1. The first-order valence-corrected chi connectivity index (χ1v) is 11.1. The molecule has 0 atom stereocenters. The van der Waals surface area contributed by atoms with E-state index in [1.165, 1.54) is 17.7 Å². The normalized spacial score (nSPS) is 11.0. The maximum atomic E-state index is 13.2. The third-order valence-electron chi connectivity index (χ3n) is 4.81. The van der Waals surface area contributed by atoms with Gasteiger partial charge in [0.05, 0.1) is 0 Å². The zero-order chi connectivity index (χ0) is 21.6. The SMILES string of the molecule is O=C(NCCCSCc1ccccc1)n1c(=O)oc2ccc(-c3ccc(F)cc3)cc21. The number of nitrogens with one attached hydrogen (secondary N) is 1. The van der Waals surface area contributed by atoms with Crippen molar-refractivity contribution in [1.82, 2.24) is 9.88 Å². The Hall–Kier alpha value is -3.32. The highest BCUT2D eigenvalue weighted by atomic mass is 32.2. The summed E-state index contributed by atoms with van der Waals surface area (Å²) < 4.78 is 19.4. The summed E-state index contributed by atoms with van der Waals surface area (Å²) in [6.45, 7) is 0.456. The van der Waals surface area contributed by atoms with Crippen LogP contribution in [-0.4, -0.2) is 22.9 Å². The van der Waals surface area contributed by atoms with Gasteiger partial charge < -0.3 is 9.73 Å². The van der Waals surface area contributed by atoms with Crippen molar-refractivity contribution in [3.63, 3.8) is 0 Å². The maximum absolute atomic E-state index is 13.2. The van der Waals surface area contributed by atoms with Gasteiger partial charge in [-0.15, -0.1) is 0 Å². The summed E-state index contributed by atoms with van der Waals surface area (Å²) in [6.07, 6.45) is 0.786. The lowest BCUT2D eigenvalue weighted by atomic mass is 10.1. The first-order valence-electron chi connectivity index (χ1n) is 9.93. The monoisotopic (exact) mass is 436 g/mol. The van der Waals surface area contributed by atoms with Gasteiger partial charge in [0, 0.05) is 12.3 Å². The molecule has 7 heteroatoms. The number of carbonyl (C=O) groups excluding carboxylic acids is 1. The number of oxazole rings is 1. The van der Waals surface area contributed by atoms with Gasteiger partial charge in [0.1, 0.15) is 11.3 Å². The minimum Gasteiger partial charge on any atom is -0.407 e. The Bertz CT molecular complexity index is 1230. The lowest BCUT2D eigenvalue weighted by molar-refractivity contribution is 0.241. The van der Waals surface area contributed by atoms with E-state index >= 15 is 0 Å². The Morgan fingerprint density at radius 3 is 2.52 bits per heavy atom. The average molecular weight is 437 g/mol. The van der Waals surface area contributed by atoms with E-state index in [2.05, 4.69) is 17.4 Å². The fourth-order valence-electron chi connectivity index (χ4n) is 3.24. The van der Waals surface area contributed by atoms with Crippen LogP contribution in [0, 0.1) is 5.82 Å². The van der Waals surface area contributed by atoms with E-state index in [4.69, 9.17) is 4.42 Å². The van der Waals surface area contributed by atoms with Crippen molar-refractivity contribution in [2.45, 2.75) is 12.2 Å². The Labute approximate surface area is 182 Å². The molecule has 0 aliphatic rings. The molecule has 0 aliphatic heterocycles. The van der Waals surface area contributed by atoms with Gasteiger partial charge in [-0.1, -0.05) is 48.5 Å². The number of aromatic nitrogens is 1. The molecule has 1 N–H and O–H groups in total. The third kappa shape index (κ3) is 5.06. The van der Waals surface area contributed by atoms with Gasteiger partial charge in [-0.3, -0.25) is 0 Å². The molecule has 3 aromatic carbocycles. The van der Waals surface area contributed by atoms with Crippen molar-refractivity contribution in [3.8, 4) is 11.1 Å². The van der Waals surface area contributed by atoms with E-state index in [-0.39, 0.29) is 5.82 Å². The van der Waals surface area contributed by atoms with E-state index in [9.17, 15) is 14.0 Å². The molecule has 0 bridgehead atoms. The van der Waals surface area contributed by atoms with Gasteiger partial charge in [0.15, 0.2) is 5.58 Å².